The molecule has 3 rings (SSSR count). The highest BCUT2D eigenvalue weighted by Crippen LogP contribution is 2.31. The second-order valence-electron chi connectivity index (χ2n) is 5.78. The van der Waals surface area contributed by atoms with Crippen molar-refractivity contribution in [2.24, 2.45) is 0 Å². The molecule has 1 aromatic carbocycles. The Balaban J connectivity index is 1.80. The SMILES string of the molecule is Cc1nc(N[C@H]2CCO[C@H]2c2ccc(Cl)cc2)nc(N(C)C)n1. The molecule has 7 heteroatoms. The van der Waals surface area contributed by atoms with Gasteiger partial charge in [-0.15, -0.1) is 0 Å². The minimum Gasteiger partial charge on any atom is -0.371 e. The summed E-state index contributed by atoms with van der Waals surface area (Å²) in [6.07, 6.45) is 0.863. The lowest BCUT2D eigenvalue weighted by Gasteiger charge is -2.21. The van der Waals surface area contributed by atoms with Gasteiger partial charge in [0.25, 0.3) is 0 Å². The monoisotopic (exact) mass is 333 g/mol. The van der Waals surface area contributed by atoms with Crippen LogP contribution >= 0.6 is 11.6 Å². The topological polar surface area (TPSA) is 63.2 Å². The molecule has 23 heavy (non-hydrogen) atoms. The Bertz CT molecular complexity index is 677. The summed E-state index contributed by atoms with van der Waals surface area (Å²) in [4.78, 5) is 15.0. The van der Waals surface area contributed by atoms with E-state index in [-0.39, 0.29) is 12.1 Å². The summed E-state index contributed by atoms with van der Waals surface area (Å²) in [7, 11) is 3.82. The molecule has 1 fully saturated rings. The molecule has 1 aromatic heterocycles. The van der Waals surface area contributed by atoms with Crippen LogP contribution in [0.15, 0.2) is 24.3 Å². The van der Waals surface area contributed by atoms with Crippen LogP contribution in [-0.4, -0.2) is 41.7 Å². The van der Waals surface area contributed by atoms with E-state index in [1.807, 2.05) is 50.2 Å². The Hall–Kier alpha value is -1.92. The number of anilines is 2. The van der Waals surface area contributed by atoms with Gasteiger partial charge in [-0.05, 0) is 31.0 Å². The van der Waals surface area contributed by atoms with Crippen LogP contribution in [-0.2, 0) is 4.74 Å². The smallest absolute Gasteiger partial charge is 0.229 e. The number of hydrogen-bond donors (Lipinski definition) is 1. The van der Waals surface area contributed by atoms with Crippen molar-refractivity contribution in [3.63, 3.8) is 0 Å². The summed E-state index contributed by atoms with van der Waals surface area (Å²) < 4.78 is 5.88. The Labute approximate surface area is 140 Å². The fourth-order valence-electron chi connectivity index (χ4n) is 2.62. The van der Waals surface area contributed by atoms with E-state index in [0.717, 1.165) is 17.0 Å². The third-order valence-corrected chi connectivity index (χ3v) is 3.99. The first-order valence-corrected chi connectivity index (χ1v) is 7.94. The fraction of sp³-hybridized carbons (Fsp3) is 0.438. The Morgan fingerprint density at radius 2 is 1.91 bits per heavy atom. The van der Waals surface area contributed by atoms with Crippen LogP contribution in [0, 0.1) is 6.92 Å². The van der Waals surface area contributed by atoms with E-state index < -0.39 is 0 Å². The average Bonchev–Trinajstić information content (AvgIpc) is 2.95. The zero-order valence-corrected chi connectivity index (χ0v) is 14.2. The van der Waals surface area contributed by atoms with Crippen LogP contribution in [0.2, 0.25) is 5.02 Å². The van der Waals surface area contributed by atoms with Gasteiger partial charge in [0, 0.05) is 25.7 Å². The molecular formula is C16H20ClN5O. The number of rotatable bonds is 4. The summed E-state index contributed by atoms with van der Waals surface area (Å²) in [6.45, 7) is 2.57. The quantitative estimate of drug-likeness (QED) is 0.928. The number of halogens is 1. The third kappa shape index (κ3) is 3.71. The van der Waals surface area contributed by atoms with Gasteiger partial charge in [0.2, 0.25) is 11.9 Å². The van der Waals surface area contributed by atoms with Crippen molar-refractivity contribution >= 4 is 23.5 Å². The molecule has 1 aliphatic heterocycles. The number of nitrogens with one attached hydrogen (secondary N) is 1. The molecule has 6 nitrogen and oxygen atoms in total. The second kappa shape index (κ2) is 6.68. The van der Waals surface area contributed by atoms with Crippen molar-refractivity contribution in [3.05, 3.63) is 40.7 Å². The van der Waals surface area contributed by atoms with Crippen molar-refractivity contribution in [2.75, 3.05) is 30.9 Å². The van der Waals surface area contributed by atoms with Gasteiger partial charge in [-0.25, -0.2) is 0 Å². The summed E-state index contributed by atoms with van der Waals surface area (Å²) in [5, 5.41) is 4.12. The first-order valence-electron chi connectivity index (χ1n) is 7.56. The standard InChI is InChI=1S/C16H20ClN5O/c1-10-18-15(21-16(19-10)22(2)3)20-13-8-9-23-14(13)11-4-6-12(17)7-5-11/h4-7,13-14H,8-9H2,1-3H3,(H,18,19,20,21)/t13-,14-/m0/s1. The number of aromatic nitrogens is 3. The van der Waals surface area contributed by atoms with E-state index >= 15 is 0 Å². The highest BCUT2D eigenvalue weighted by Gasteiger charge is 2.30. The Morgan fingerprint density at radius 1 is 1.17 bits per heavy atom. The van der Waals surface area contributed by atoms with Crippen molar-refractivity contribution in [2.45, 2.75) is 25.5 Å². The second-order valence-corrected chi connectivity index (χ2v) is 6.22. The predicted octanol–water partition coefficient (Wildman–Crippen LogP) is 2.84. The maximum atomic E-state index is 5.96. The zero-order chi connectivity index (χ0) is 16.4. The van der Waals surface area contributed by atoms with E-state index in [2.05, 4.69) is 20.3 Å². The van der Waals surface area contributed by atoms with E-state index in [1.165, 1.54) is 0 Å². The fourth-order valence-corrected chi connectivity index (χ4v) is 2.74. The number of aryl methyl sites for hydroxylation is 1. The Morgan fingerprint density at radius 3 is 2.61 bits per heavy atom. The van der Waals surface area contributed by atoms with E-state index in [1.54, 1.807) is 0 Å². The number of hydrogen-bond acceptors (Lipinski definition) is 6. The van der Waals surface area contributed by atoms with E-state index in [4.69, 9.17) is 16.3 Å². The first kappa shape index (κ1) is 16.0. The van der Waals surface area contributed by atoms with Crippen molar-refractivity contribution in [3.8, 4) is 0 Å². The molecular weight excluding hydrogens is 314 g/mol. The van der Waals surface area contributed by atoms with Gasteiger partial charge in [0.15, 0.2) is 0 Å². The Kier molecular flexibility index (Phi) is 4.63. The lowest BCUT2D eigenvalue weighted by Crippen LogP contribution is -2.25. The average molecular weight is 334 g/mol. The molecule has 0 radical (unpaired) electrons. The lowest BCUT2D eigenvalue weighted by molar-refractivity contribution is 0.107. The van der Waals surface area contributed by atoms with E-state index in [9.17, 15) is 0 Å². The molecule has 122 valence electrons. The van der Waals surface area contributed by atoms with E-state index in [0.29, 0.717) is 24.3 Å². The summed E-state index contributed by atoms with van der Waals surface area (Å²) in [5.41, 5.74) is 1.10. The highest BCUT2D eigenvalue weighted by atomic mass is 35.5. The van der Waals surface area contributed by atoms with Gasteiger partial charge in [-0.1, -0.05) is 23.7 Å². The van der Waals surface area contributed by atoms with Crippen LogP contribution < -0.4 is 10.2 Å². The number of benzene rings is 1. The molecule has 0 amide bonds. The highest BCUT2D eigenvalue weighted by molar-refractivity contribution is 6.30. The molecule has 1 aliphatic rings. The van der Waals surface area contributed by atoms with Crippen molar-refractivity contribution in [1.29, 1.82) is 0 Å². The minimum absolute atomic E-state index is 0.0351. The molecule has 0 saturated carbocycles. The van der Waals surface area contributed by atoms with Crippen molar-refractivity contribution < 1.29 is 4.74 Å². The molecule has 0 bridgehead atoms. The predicted molar refractivity (Wildman–Crippen MR) is 91.1 cm³/mol. The summed E-state index contributed by atoms with van der Waals surface area (Å²) >= 11 is 5.96. The largest absolute Gasteiger partial charge is 0.371 e. The molecule has 0 spiro atoms. The molecule has 0 aliphatic carbocycles. The van der Waals surface area contributed by atoms with Crippen LogP contribution in [0.25, 0.3) is 0 Å². The summed E-state index contributed by atoms with van der Waals surface area (Å²) in [5.74, 6) is 1.91. The normalized spacial score (nSPS) is 20.5. The molecule has 1 saturated heterocycles. The van der Waals surface area contributed by atoms with Gasteiger partial charge >= 0.3 is 0 Å². The maximum absolute atomic E-state index is 5.96. The summed E-state index contributed by atoms with van der Waals surface area (Å²) in [6, 6.07) is 7.88. The number of nitrogens with zero attached hydrogens (tertiary/aromatic N) is 4. The first-order chi connectivity index (χ1) is 11.0. The molecule has 2 heterocycles. The van der Waals surface area contributed by atoms with Crippen LogP contribution in [0.4, 0.5) is 11.9 Å². The zero-order valence-electron chi connectivity index (χ0n) is 13.5. The van der Waals surface area contributed by atoms with Crippen molar-refractivity contribution in [1.82, 2.24) is 15.0 Å². The minimum atomic E-state index is -0.0351. The molecule has 0 unspecified atom stereocenters. The molecule has 1 N–H and O–H groups in total. The van der Waals surface area contributed by atoms with Gasteiger partial charge in [-0.3, -0.25) is 0 Å². The lowest BCUT2D eigenvalue weighted by atomic mass is 10.0. The molecule has 2 aromatic rings. The van der Waals surface area contributed by atoms with Gasteiger partial charge in [0.1, 0.15) is 11.9 Å². The van der Waals surface area contributed by atoms with Crippen LogP contribution in [0.1, 0.15) is 23.9 Å². The van der Waals surface area contributed by atoms with Crippen LogP contribution in [0.3, 0.4) is 0 Å². The third-order valence-electron chi connectivity index (χ3n) is 3.74. The van der Waals surface area contributed by atoms with Crippen LogP contribution in [0.5, 0.6) is 0 Å². The number of ether oxygens (including phenoxy) is 1. The maximum Gasteiger partial charge on any atom is 0.229 e. The van der Waals surface area contributed by atoms with Gasteiger partial charge in [0.05, 0.1) is 6.04 Å². The molecule has 2 atom stereocenters. The van der Waals surface area contributed by atoms with Gasteiger partial charge < -0.3 is 15.0 Å². The van der Waals surface area contributed by atoms with Gasteiger partial charge in [-0.2, -0.15) is 15.0 Å².